The van der Waals surface area contributed by atoms with Crippen molar-refractivity contribution < 1.29 is 17.2 Å². The lowest BCUT2D eigenvalue weighted by molar-refractivity contribution is 0.509. The standard InChI is InChI=1S/C15H15F2N3O2S/c1-9-6-14(9)19-15-5-3-11(8-18-15)23(21,22)20-10-2-4-12(16)13(17)7-10/h2-5,7-9,14,20H,6H2,1H3,(H,18,19). The highest BCUT2D eigenvalue weighted by Crippen LogP contribution is 2.32. The minimum absolute atomic E-state index is 0.0575. The maximum absolute atomic E-state index is 13.1. The van der Waals surface area contributed by atoms with E-state index in [-0.39, 0.29) is 10.6 Å². The summed E-state index contributed by atoms with van der Waals surface area (Å²) in [6, 6.07) is 6.15. The van der Waals surface area contributed by atoms with E-state index in [9.17, 15) is 17.2 Å². The average molecular weight is 339 g/mol. The van der Waals surface area contributed by atoms with E-state index in [1.165, 1.54) is 12.3 Å². The van der Waals surface area contributed by atoms with Gasteiger partial charge in [-0.3, -0.25) is 4.72 Å². The Morgan fingerprint density at radius 3 is 2.48 bits per heavy atom. The largest absolute Gasteiger partial charge is 0.367 e. The van der Waals surface area contributed by atoms with E-state index >= 15 is 0 Å². The lowest BCUT2D eigenvalue weighted by atomic mass is 10.3. The first-order chi connectivity index (χ1) is 10.8. The highest BCUT2D eigenvalue weighted by molar-refractivity contribution is 7.92. The van der Waals surface area contributed by atoms with E-state index in [4.69, 9.17) is 0 Å². The van der Waals surface area contributed by atoms with Crippen molar-refractivity contribution in [1.29, 1.82) is 0 Å². The van der Waals surface area contributed by atoms with Crippen molar-refractivity contribution in [2.24, 2.45) is 5.92 Å². The van der Waals surface area contributed by atoms with E-state index in [0.29, 0.717) is 17.8 Å². The van der Waals surface area contributed by atoms with E-state index < -0.39 is 21.7 Å². The molecule has 0 bridgehead atoms. The van der Waals surface area contributed by atoms with Gasteiger partial charge in [0, 0.05) is 18.3 Å². The molecule has 8 heteroatoms. The molecule has 2 N–H and O–H groups in total. The molecule has 3 rings (SSSR count). The third kappa shape index (κ3) is 3.58. The molecule has 1 aromatic heterocycles. The van der Waals surface area contributed by atoms with Gasteiger partial charge in [-0.1, -0.05) is 6.92 Å². The summed E-state index contributed by atoms with van der Waals surface area (Å²) >= 11 is 0. The number of halogens is 2. The first-order valence-electron chi connectivity index (χ1n) is 7.05. The van der Waals surface area contributed by atoms with E-state index in [1.54, 1.807) is 6.07 Å². The van der Waals surface area contributed by atoms with Crippen LogP contribution in [0, 0.1) is 17.6 Å². The van der Waals surface area contributed by atoms with E-state index in [0.717, 1.165) is 24.6 Å². The Labute approximate surface area is 132 Å². The fourth-order valence-corrected chi connectivity index (χ4v) is 3.11. The molecule has 2 aromatic rings. The van der Waals surface area contributed by atoms with Crippen molar-refractivity contribution >= 4 is 21.5 Å². The highest BCUT2D eigenvalue weighted by Gasteiger charge is 2.32. The van der Waals surface area contributed by atoms with E-state index in [2.05, 4.69) is 21.9 Å². The molecule has 1 saturated carbocycles. The Hall–Kier alpha value is -2.22. The zero-order valence-electron chi connectivity index (χ0n) is 12.3. The third-order valence-corrected chi connectivity index (χ3v) is 5.03. The molecule has 2 atom stereocenters. The number of rotatable bonds is 5. The Bertz CT molecular complexity index is 825. The molecule has 0 aliphatic heterocycles. The van der Waals surface area contributed by atoms with Gasteiger partial charge in [0.2, 0.25) is 0 Å². The van der Waals surface area contributed by atoms with Gasteiger partial charge in [0.15, 0.2) is 11.6 Å². The summed E-state index contributed by atoms with van der Waals surface area (Å²) in [5.74, 6) is -0.970. The molecule has 0 amide bonds. The molecule has 23 heavy (non-hydrogen) atoms. The Morgan fingerprint density at radius 1 is 1.17 bits per heavy atom. The zero-order valence-corrected chi connectivity index (χ0v) is 13.1. The number of pyridine rings is 1. The van der Waals surface area contributed by atoms with Crippen LogP contribution >= 0.6 is 0 Å². The van der Waals surface area contributed by atoms with Crippen LogP contribution in [0.25, 0.3) is 0 Å². The number of anilines is 2. The number of nitrogens with one attached hydrogen (secondary N) is 2. The molecular weight excluding hydrogens is 324 g/mol. The lowest BCUT2D eigenvalue weighted by Crippen LogP contribution is -2.14. The minimum Gasteiger partial charge on any atom is -0.367 e. The summed E-state index contributed by atoms with van der Waals surface area (Å²) in [7, 11) is -3.91. The molecule has 0 spiro atoms. The normalized spacial score (nSPS) is 20.1. The average Bonchev–Trinajstić information content (AvgIpc) is 3.18. The molecule has 1 fully saturated rings. The summed E-state index contributed by atoms with van der Waals surface area (Å²) < 4.78 is 52.6. The third-order valence-electron chi connectivity index (χ3n) is 3.66. The Balaban J connectivity index is 1.74. The van der Waals surface area contributed by atoms with Gasteiger partial charge in [-0.2, -0.15) is 0 Å². The monoisotopic (exact) mass is 339 g/mol. The number of nitrogens with zero attached hydrogens (tertiary/aromatic N) is 1. The second kappa shape index (κ2) is 5.77. The second-order valence-corrected chi connectivity index (χ2v) is 7.26. The van der Waals surface area contributed by atoms with Gasteiger partial charge in [0.25, 0.3) is 10.0 Å². The quantitative estimate of drug-likeness (QED) is 0.878. The predicted molar refractivity (Wildman–Crippen MR) is 82.6 cm³/mol. The predicted octanol–water partition coefficient (Wildman–Crippen LogP) is 2.98. The highest BCUT2D eigenvalue weighted by atomic mass is 32.2. The molecule has 1 aromatic carbocycles. The molecule has 2 unspecified atom stereocenters. The molecule has 0 saturated heterocycles. The first-order valence-corrected chi connectivity index (χ1v) is 8.54. The summed E-state index contributed by atoms with van der Waals surface area (Å²) in [4.78, 5) is 4.01. The van der Waals surface area contributed by atoms with E-state index in [1.807, 2.05) is 0 Å². The van der Waals surface area contributed by atoms with Crippen LogP contribution in [0.15, 0.2) is 41.4 Å². The SMILES string of the molecule is CC1CC1Nc1ccc(S(=O)(=O)Nc2ccc(F)c(F)c2)cn1. The molecule has 0 radical (unpaired) electrons. The fraction of sp³-hybridized carbons (Fsp3) is 0.267. The second-order valence-electron chi connectivity index (χ2n) is 5.58. The van der Waals surface area contributed by atoms with Gasteiger partial charge < -0.3 is 5.32 Å². The molecule has 122 valence electrons. The first kappa shape index (κ1) is 15.7. The van der Waals surface area contributed by atoms with Gasteiger partial charge in [-0.25, -0.2) is 22.2 Å². The molecule has 5 nitrogen and oxygen atoms in total. The van der Waals surface area contributed by atoms with Gasteiger partial charge in [-0.05, 0) is 36.6 Å². The van der Waals surface area contributed by atoms with Crippen molar-refractivity contribution in [3.8, 4) is 0 Å². The van der Waals surface area contributed by atoms with Crippen LogP contribution in [0.2, 0.25) is 0 Å². The van der Waals surface area contributed by atoms with Crippen LogP contribution in [0.3, 0.4) is 0 Å². The van der Waals surface area contributed by atoms with Crippen LogP contribution in [0.5, 0.6) is 0 Å². The van der Waals surface area contributed by atoms with Crippen LogP contribution < -0.4 is 10.0 Å². The number of hydrogen-bond acceptors (Lipinski definition) is 4. The Morgan fingerprint density at radius 2 is 1.91 bits per heavy atom. The molecular formula is C15H15F2N3O2S. The van der Waals surface area contributed by atoms with Crippen molar-refractivity contribution in [3.63, 3.8) is 0 Å². The molecule has 1 heterocycles. The van der Waals surface area contributed by atoms with Crippen molar-refractivity contribution in [3.05, 3.63) is 48.2 Å². The summed E-state index contributed by atoms with van der Waals surface area (Å²) in [6.07, 6.45) is 2.29. The number of aromatic nitrogens is 1. The summed E-state index contributed by atoms with van der Waals surface area (Å²) in [5.41, 5.74) is -0.0575. The fourth-order valence-electron chi connectivity index (χ4n) is 2.11. The number of benzene rings is 1. The molecule has 1 aliphatic carbocycles. The topological polar surface area (TPSA) is 71.1 Å². The van der Waals surface area contributed by atoms with Crippen molar-refractivity contribution in [2.45, 2.75) is 24.3 Å². The van der Waals surface area contributed by atoms with Gasteiger partial charge in [0.1, 0.15) is 10.7 Å². The zero-order chi connectivity index (χ0) is 16.6. The van der Waals surface area contributed by atoms with Crippen LogP contribution in [0.4, 0.5) is 20.3 Å². The van der Waals surface area contributed by atoms with Crippen LogP contribution in [-0.4, -0.2) is 19.4 Å². The van der Waals surface area contributed by atoms with Crippen molar-refractivity contribution in [1.82, 2.24) is 4.98 Å². The van der Waals surface area contributed by atoms with Gasteiger partial charge in [0.05, 0.1) is 5.69 Å². The maximum atomic E-state index is 13.1. The van der Waals surface area contributed by atoms with Crippen LogP contribution in [0.1, 0.15) is 13.3 Å². The molecule has 1 aliphatic rings. The number of hydrogen-bond donors (Lipinski definition) is 2. The maximum Gasteiger partial charge on any atom is 0.263 e. The Kier molecular flexibility index (Phi) is 3.93. The lowest BCUT2D eigenvalue weighted by Gasteiger charge is -2.09. The van der Waals surface area contributed by atoms with Gasteiger partial charge in [-0.15, -0.1) is 0 Å². The summed E-state index contributed by atoms with van der Waals surface area (Å²) in [5, 5.41) is 3.19. The van der Waals surface area contributed by atoms with Gasteiger partial charge >= 0.3 is 0 Å². The van der Waals surface area contributed by atoms with Crippen molar-refractivity contribution in [2.75, 3.05) is 10.0 Å². The smallest absolute Gasteiger partial charge is 0.263 e. The summed E-state index contributed by atoms with van der Waals surface area (Å²) in [6.45, 7) is 2.11. The minimum atomic E-state index is -3.91. The number of sulfonamides is 1. The van der Waals surface area contributed by atoms with Crippen LogP contribution in [-0.2, 0) is 10.0 Å².